The molecule has 0 heterocycles. The molecule has 0 aliphatic heterocycles. The van der Waals surface area contributed by atoms with E-state index in [9.17, 15) is 10.1 Å². The molecule has 4 heteroatoms. The number of hydrogen-bond acceptors (Lipinski definition) is 4. The largest absolute Gasteiger partial charge is 0.758 e. The molecular weight excluding hydrogens is 168 g/mol. The maximum atomic E-state index is 11.0. The van der Waals surface area contributed by atoms with E-state index >= 15 is 0 Å². The highest BCUT2D eigenvalue weighted by Crippen LogP contribution is 2.28. The van der Waals surface area contributed by atoms with Crippen LogP contribution in [0.25, 0.3) is 0 Å². The van der Waals surface area contributed by atoms with E-state index in [1.165, 1.54) is 13.1 Å². The van der Waals surface area contributed by atoms with E-state index in [0.29, 0.717) is 11.4 Å². The van der Waals surface area contributed by atoms with Crippen LogP contribution in [-0.2, 0) is 0 Å². The smallest absolute Gasteiger partial charge is 0.112 e. The summed E-state index contributed by atoms with van der Waals surface area (Å²) >= 11 is 0. The van der Waals surface area contributed by atoms with Crippen LogP contribution in [0.15, 0.2) is 17.3 Å². The number of hydrogen-bond donors (Lipinski definition) is 0. The van der Waals surface area contributed by atoms with Crippen molar-refractivity contribution in [3.63, 3.8) is 0 Å². The van der Waals surface area contributed by atoms with Crippen LogP contribution in [0.2, 0.25) is 0 Å². The number of hydroxylamine groups is 1. The second-order valence-electron chi connectivity index (χ2n) is 3.01. The van der Waals surface area contributed by atoms with Gasteiger partial charge in [-0.2, -0.15) is 0 Å². The predicted molar refractivity (Wildman–Crippen MR) is 53.1 cm³/mol. The third-order valence-corrected chi connectivity index (χ3v) is 1.95. The summed E-state index contributed by atoms with van der Waals surface area (Å²) in [6, 6.07) is 3.28. The van der Waals surface area contributed by atoms with E-state index in [1.54, 1.807) is 13.0 Å². The highest BCUT2D eigenvalue weighted by molar-refractivity contribution is 5.63. The van der Waals surface area contributed by atoms with Crippen LogP contribution in [-0.4, -0.2) is 7.05 Å². The molecular formula is C9H11N2O2-. The zero-order valence-corrected chi connectivity index (χ0v) is 7.87. The van der Waals surface area contributed by atoms with Gasteiger partial charge in [0.05, 0.1) is 0 Å². The molecule has 13 heavy (non-hydrogen) atoms. The molecule has 0 bridgehead atoms. The summed E-state index contributed by atoms with van der Waals surface area (Å²) < 4.78 is 0. The summed E-state index contributed by atoms with van der Waals surface area (Å²) in [5, 5.41) is 14.6. The quantitative estimate of drug-likeness (QED) is 0.518. The molecule has 1 aromatic carbocycles. The zero-order valence-electron chi connectivity index (χ0n) is 7.87. The molecule has 0 fully saturated rings. The summed E-state index contributed by atoms with van der Waals surface area (Å²) in [4.78, 5) is 10.3. The lowest BCUT2D eigenvalue weighted by molar-refractivity contribution is 1.18. The van der Waals surface area contributed by atoms with Gasteiger partial charge < -0.3 is 10.3 Å². The molecule has 0 aromatic heterocycles. The molecule has 0 aliphatic rings. The van der Waals surface area contributed by atoms with Gasteiger partial charge in [-0.05, 0) is 43.3 Å². The van der Waals surface area contributed by atoms with Crippen molar-refractivity contribution in [2.75, 3.05) is 12.1 Å². The zero-order chi connectivity index (χ0) is 10.0. The Morgan fingerprint density at radius 3 is 2.38 bits per heavy atom. The Hall–Kier alpha value is -1.42. The number of nitrogens with zero attached hydrogens (tertiary/aromatic N) is 2. The number of rotatable bonds is 2. The van der Waals surface area contributed by atoms with Gasteiger partial charge in [0.15, 0.2) is 0 Å². The Labute approximate surface area is 76.7 Å². The molecule has 1 aromatic rings. The topological polar surface area (TPSA) is 55.7 Å². The van der Waals surface area contributed by atoms with Gasteiger partial charge in [0.2, 0.25) is 0 Å². The van der Waals surface area contributed by atoms with Crippen molar-refractivity contribution in [3.8, 4) is 0 Å². The lowest BCUT2D eigenvalue weighted by atomic mass is 10.1. The third kappa shape index (κ3) is 1.84. The summed E-state index contributed by atoms with van der Waals surface area (Å²) in [6.45, 7) is 3.61. The monoisotopic (exact) mass is 179 g/mol. The van der Waals surface area contributed by atoms with Gasteiger partial charge in [-0.3, -0.25) is 0 Å². The van der Waals surface area contributed by atoms with E-state index in [-0.39, 0.29) is 0 Å². The number of anilines is 1. The minimum absolute atomic E-state index is 0.323. The van der Waals surface area contributed by atoms with Crippen LogP contribution in [0.5, 0.6) is 0 Å². The van der Waals surface area contributed by atoms with Crippen molar-refractivity contribution in [2.24, 2.45) is 5.18 Å². The van der Waals surface area contributed by atoms with Gasteiger partial charge in [-0.1, -0.05) is 6.07 Å². The third-order valence-electron chi connectivity index (χ3n) is 1.95. The summed E-state index contributed by atoms with van der Waals surface area (Å²) in [6.07, 6.45) is 0. The first kappa shape index (κ1) is 9.67. The van der Waals surface area contributed by atoms with Gasteiger partial charge >= 0.3 is 0 Å². The molecule has 0 amide bonds. The lowest BCUT2D eigenvalue weighted by Crippen LogP contribution is -2.07. The molecule has 70 valence electrons. The lowest BCUT2D eigenvalue weighted by Gasteiger charge is -2.27. The van der Waals surface area contributed by atoms with Gasteiger partial charge in [-0.25, -0.2) is 0 Å². The minimum atomic E-state index is 0.323. The van der Waals surface area contributed by atoms with Crippen molar-refractivity contribution in [2.45, 2.75) is 13.8 Å². The van der Waals surface area contributed by atoms with Crippen molar-refractivity contribution in [1.29, 1.82) is 0 Å². The number of nitroso groups, excluding NO2 is 1. The van der Waals surface area contributed by atoms with E-state index < -0.39 is 0 Å². The standard InChI is InChI=1S/C9H11N2O2/c1-6-4-7(2)9(11(3)13)5-8(6)10-12/h4-5H,1-3H3/q-1. The van der Waals surface area contributed by atoms with Crippen LogP contribution >= 0.6 is 0 Å². The molecule has 0 atom stereocenters. The van der Waals surface area contributed by atoms with Gasteiger partial charge in [0.1, 0.15) is 5.69 Å². The van der Waals surface area contributed by atoms with Gasteiger partial charge in [0, 0.05) is 5.69 Å². The normalized spacial score (nSPS) is 9.85. The summed E-state index contributed by atoms with van der Waals surface area (Å²) in [5.41, 5.74) is 2.45. The Balaban J connectivity index is 3.30. The van der Waals surface area contributed by atoms with Crippen LogP contribution in [0, 0.1) is 24.0 Å². The van der Waals surface area contributed by atoms with Crippen LogP contribution < -0.4 is 5.06 Å². The average molecular weight is 179 g/mol. The van der Waals surface area contributed by atoms with E-state index in [2.05, 4.69) is 5.18 Å². The molecule has 0 saturated heterocycles. The fourth-order valence-electron chi connectivity index (χ4n) is 1.27. The SMILES string of the molecule is Cc1cc(C)c(N(C)[O-])cc1N=O. The second-order valence-corrected chi connectivity index (χ2v) is 3.01. The van der Waals surface area contributed by atoms with Gasteiger partial charge in [0.25, 0.3) is 0 Å². The van der Waals surface area contributed by atoms with E-state index in [4.69, 9.17) is 0 Å². The van der Waals surface area contributed by atoms with Crippen molar-refractivity contribution in [1.82, 2.24) is 0 Å². The van der Waals surface area contributed by atoms with Crippen molar-refractivity contribution < 1.29 is 0 Å². The molecule has 0 spiro atoms. The molecule has 0 saturated carbocycles. The van der Waals surface area contributed by atoms with Gasteiger partial charge in [-0.15, -0.1) is 4.91 Å². The van der Waals surface area contributed by atoms with Crippen molar-refractivity contribution >= 4 is 11.4 Å². The Bertz CT molecular complexity index is 335. The van der Waals surface area contributed by atoms with Crippen molar-refractivity contribution in [3.05, 3.63) is 33.4 Å². The maximum absolute atomic E-state index is 11.0. The minimum Gasteiger partial charge on any atom is -0.758 e. The first-order valence-corrected chi connectivity index (χ1v) is 3.91. The number of aryl methyl sites for hydroxylation is 2. The predicted octanol–water partition coefficient (Wildman–Crippen LogP) is 2.64. The average Bonchev–Trinajstić information content (AvgIpc) is 2.03. The molecule has 0 unspecified atom stereocenters. The summed E-state index contributed by atoms with van der Waals surface area (Å²) in [5.74, 6) is 0. The molecule has 4 nitrogen and oxygen atoms in total. The highest BCUT2D eigenvalue weighted by Gasteiger charge is 2.03. The molecule has 0 radical (unpaired) electrons. The Morgan fingerprint density at radius 1 is 1.31 bits per heavy atom. The van der Waals surface area contributed by atoms with Crippen LogP contribution in [0.4, 0.5) is 11.4 Å². The number of benzene rings is 1. The Kier molecular flexibility index (Phi) is 2.63. The molecule has 0 aliphatic carbocycles. The van der Waals surface area contributed by atoms with E-state index in [0.717, 1.165) is 16.2 Å². The molecule has 1 rings (SSSR count). The highest BCUT2D eigenvalue weighted by atomic mass is 16.5. The van der Waals surface area contributed by atoms with E-state index in [1.807, 2.05) is 6.92 Å². The first-order chi connectivity index (χ1) is 6.06. The second kappa shape index (κ2) is 3.53. The summed E-state index contributed by atoms with van der Waals surface area (Å²) in [7, 11) is 1.40. The molecule has 0 N–H and O–H groups in total. The maximum Gasteiger partial charge on any atom is 0.112 e. The Morgan fingerprint density at radius 2 is 1.92 bits per heavy atom. The van der Waals surface area contributed by atoms with Crippen LogP contribution in [0.3, 0.4) is 0 Å². The first-order valence-electron chi connectivity index (χ1n) is 3.91. The fraction of sp³-hybridized carbons (Fsp3) is 0.333. The fourth-order valence-corrected chi connectivity index (χ4v) is 1.27. The van der Waals surface area contributed by atoms with Crippen LogP contribution in [0.1, 0.15) is 11.1 Å².